The maximum absolute atomic E-state index is 12.9. The lowest BCUT2D eigenvalue weighted by Gasteiger charge is -2.14. The standard InChI is InChI=1S/C20H20N4O8/c1-29-13-6-5-11(9-12(13)24(27)28)21-19(25)17-16(22-20(26)23-17)10-7-14(30-2)18(32-4)15(8-10)31-3/h5-9H,1-4H3,(H,21,25)(H2,22,23,26). The van der Waals surface area contributed by atoms with Gasteiger partial charge >= 0.3 is 11.4 Å². The third-order valence-electron chi connectivity index (χ3n) is 4.54. The molecule has 12 nitrogen and oxygen atoms in total. The van der Waals surface area contributed by atoms with Crippen LogP contribution in [0.25, 0.3) is 11.3 Å². The average molecular weight is 444 g/mol. The van der Waals surface area contributed by atoms with Gasteiger partial charge in [-0.3, -0.25) is 14.9 Å². The van der Waals surface area contributed by atoms with Crippen molar-refractivity contribution in [3.05, 3.63) is 56.6 Å². The molecule has 0 unspecified atom stereocenters. The topological polar surface area (TPSA) is 158 Å². The summed E-state index contributed by atoms with van der Waals surface area (Å²) in [5.74, 6) is 0.322. The van der Waals surface area contributed by atoms with E-state index in [1.165, 1.54) is 40.6 Å². The Labute approximate surface area is 181 Å². The highest BCUT2D eigenvalue weighted by atomic mass is 16.6. The van der Waals surface area contributed by atoms with E-state index < -0.39 is 16.5 Å². The minimum absolute atomic E-state index is 0.0427. The average Bonchev–Trinajstić information content (AvgIpc) is 3.19. The highest BCUT2D eigenvalue weighted by Crippen LogP contribution is 2.41. The summed E-state index contributed by atoms with van der Waals surface area (Å²) < 4.78 is 20.9. The number of amides is 1. The number of rotatable bonds is 8. The number of imidazole rings is 1. The van der Waals surface area contributed by atoms with Crippen LogP contribution in [0.15, 0.2) is 35.1 Å². The van der Waals surface area contributed by atoms with Gasteiger partial charge < -0.3 is 34.2 Å². The Kier molecular flexibility index (Phi) is 6.33. The number of ether oxygens (including phenoxy) is 4. The molecule has 32 heavy (non-hydrogen) atoms. The van der Waals surface area contributed by atoms with Gasteiger partial charge in [-0.25, -0.2) is 4.79 Å². The van der Waals surface area contributed by atoms with Crippen LogP contribution in [-0.4, -0.2) is 49.2 Å². The van der Waals surface area contributed by atoms with E-state index in [2.05, 4.69) is 15.3 Å². The maximum atomic E-state index is 12.9. The van der Waals surface area contributed by atoms with E-state index in [0.717, 1.165) is 6.07 Å². The molecule has 0 saturated carbocycles. The molecule has 3 rings (SSSR count). The largest absolute Gasteiger partial charge is 0.493 e. The highest BCUT2D eigenvalue weighted by molar-refractivity contribution is 6.07. The number of aromatic amines is 2. The molecule has 0 spiro atoms. The Hall–Kier alpha value is -4.48. The van der Waals surface area contributed by atoms with Gasteiger partial charge in [0.1, 0.15) is 5.69 Å². The fourth-order valence-corrected chi connectivity index (χ4v) is 3.10. The van der Waals surface area contributed by atoms with Crippen LogP contribution in [0, 0.1) is 10.1 Å². The molecule has 1 aromatic heterocycles. The van der Waals surface area contributed by atoms with Crippen molar-refractivity contribution in [1.29, 1.82) is 0 Å². The van der Waals surface area contributed by atoms with Crippen molar-refractivity contribution in [3.63, 3.8) is 0 Å². The summed E-state index contributed by atoms with van der Waals surface area (Å²) in [5.41, 5.74) is -0.334. The number of hydrogen-bond acceptors (Lipinski definition) is 8. The molecule has 0 aliphatic carbocycles. The van der Waals surface area contributed by atoms with Crippen LogP contribution >= 0.6 is 0 Å². The maximum Gasteiger partial charge on any atom is 0.323 e. The molecule has 0 bridgehead atoms. The van der Waals surface area contributed by atoms with Crippen LogP contribution < -0.4 is 30.0 Å². The zero-order valence-electron chi connectivity index (χ0n) is 17.6. The summed E-state index contributed by atoms with van der Waals surface area (Å²) in [5, 5.41) is 13.8. The first-order valence-electron chi connectivity index (χ1n) is 9.09. The van der Waals surface area contributed by atoms with Crippen molar-refractivity contribution in [2.24, 2.45) is 0 Å². The molecule has 1 amide bonds. The summed E-state index contributed by atoms with van der Waals surface area (Å²) in [4.78, 5) is 40.5. The first kappa shape index (κ1) is 22.2. The first-order chi connectivity index (χ1) is 15.3. The molecule has 12 heteroatoms. The lowest BCUT2D eigenvalue weighted by Crippen LogP contribution is -2.15. The smallest absolute Gasteiger partial charge is 0.323 e. The molecular weight excluding hydrogens is 424 g/mol. The molecule has 0 atom stereocenters. The summed E-state index contributed by atoms with van der Waals surface area (Å²) in [6.07, 6.45) is 0. The fraction of sp³-hybridized carbons (Fsp3) is 0.200. The van der Waals surface area contributed by atoms with Gasteiger partial charge in [0.05, 0.1) is 39.1 Å². The monoisotopic (exact) mass is 444 g/mol. The number of nitrogens with one attached hydrogen (secondary N) is 3. The number of aromatic nitrogens is 2. The van der Waals surface area contributed by atoms with Crippen molar-refractivity contribution in [2.75, 3.05) is 33.8 Å². The highest BCUT2D eigenvalue weighted by Gasteiger charge is 2.22. The molecule has 0 fully saturated rings. The van der Waals surface area contributed by atoms with Gasteiger partial charge in [0, 0.05) is 17.3 Å². The van der Waals surface area contributed by atoms with Crippen LogP contribution in [-0.2, 0) is 0 Å². The second-order valence-electron chi connectivity index (χ2n) is 6.34. The fourth-order valence-electron chi connectivity index (χ4n) is 3.10. The minimum atomic E-state index is -0.702. The van der Waals surface area contributed by atoms with Gasteiger partial charge in [-0.2, -0.15) is 0 Å². The number of carbonyl (C=O) groups is 1. The second kappa shape index (κ2) is 9.12. The molecule has 0 aliphatic heterocycles. The molecule has 0 aliphatic rings. The Morgan fingerprint density at radius 2 is 1.56 bits per heavy atom. The summed E-state index contributed by atoms with van der Waals surface area (Å²) in [7, 11) is 5.62. The van der Waals surface area contributed by atoms with Crippen molar-refractivity contribution in [3.8, 4) is 34.3 Å². The van der Waals surface area contributed by atoms with E-state index in [1.807, 2.05) is 0 Å². The van der Waals surface area contributed by atoms with E-state index in [0.29, 0.717) is 22.8 Å². The SMILES string of the molecule is COc1ccc(NC(=O)c2[nH]c(=O)[nH]c2-c2cc(OC)c(OC)c(OC)c2)cc1[N+](=O)[O-]. The summed E-state index contributed by atoms with van der Waals surface area (Å²) >= 11 is 0. The van der Waals surface area contributed by atoms with Gasteiger partial charge in [0.15, 0.2) is 17.2 Å². The number of H-pyrrole nitrogens is 2. The zero-order valence-corrected chi connectivity index (χ0v) is 17.6. The van der Waals surface area contributed by atoms with Gasteiger partial charge in [-0.05, 0) is 24.3 Å². The molecule has 0 saturated heterocycles. The van der Waals surface area contributed by atoms with E-state index >= 15 is 0 Å². The predicted molar refractivity (Wildman–Crippen MR) is 114 cm³/mol. The van der Waals surface area contributed by atoms with Gasteiger partial charge in [0.25, 0.3) is 5.91 Å². The van der Waals surface area contributed by atoms with Crippen molar-refractivity contribution in [1.82, 2.24) is 9.97 Å². The van der Waals surface area contributed by atoms with E-state index in [-0.39, 0.29) is 28.5 Å². The summed E-state index contributed by atoms with van der Waals surface area (Å²) in [6, 6.07) is 7.08. The second-order valence-corrected chi connectivity index (χ2v) is 6.34. The van der Waals surface area contributed by atoms with Crippen LogP contribution in [0.4, 0.5) is 11.4 Å². The Morgan fingerprint density at radius 3 is 2.09 bits per heavy atom. The van der Waals surface area contributed by atoms with Crippen LogP contribution in [0.1, 0.15) is 10.5 Å². The summed E-state index contributed by atoms with van der Waals surface area (Å²) in [6.45, 7) is 0. The van der Waals surface area contributed by atoms with E-state index in [1.54, 1.807) is 12.1 Å². The van der Waals surface area contributed by atoms with Crippen LogP contribution in [0.3, 0.4) is 0 Å². The Bertz CT molecular complexity index is 1210. The molecular formula is C20H20N4O8. The number of benzene rings is 2. The van der Waals surface area contributed by atoms with Gasteiger partial charge in [-0.1, -0.05) is 0 Å². The zero-order chi connectivity index (χ0) is 23.4. The number of nitrogens with zero attached hydrogens (tertiary/aromatic N) is 1. The number of nitro groups is 1. The number of methoxy groups -OCH3 is 4. The number of anilines is 1. The minimum Gasteiger partial charge on any atom is -0.493 e. The number of hydrogen-bond donors (Lipinski definition) is 3. The van der Waals surface area contributed by atoms with Crippen LogP contribution in [0.5, 0.6) is 23.0 Å². The van der Waals surface area contributed by atoms with Gasteiger partial charge in [-0.15, -0.1) is 0 Å². The Morgan fingerprint density at radius 1 is 0.938 bits per heavy atom. The third-order valence-corrected chi connectivity index (χ3v) is 4.54. The van der Waals surface area contributed by atoms with Crippen LogP contribution in [0.2, 0.25) is 0 Å². The van der Waals surface area contributed by atoms with Crippen molar-refractivity contribution < 1.29 is 28.7 Å². The molecule has 3 aromatic rings. The normalized spacial score (nSPS) is 10.4. The van der Waals surface area contributed by atoms with E-state index in [4.69, 9.17) is 18.9 Å². The molecule has 0 radical (unpaired) electrons. The third kappa shape index (κ3) is 4.19. The quantitative estimate of drug-likeness (QED) is 0.353. The molecule has 3 N–H and O–H groups in total. The first-order valence-corrected chi connectivity index (χ1v) is 9.09. The van der Waals surface area contributed by atoms with Crippen molar-refractivity contribution in [2.45, 2.75) is 0 Å². The van der Waals surface area contributed by atoms with E-state index in [9.17, 15) is 19.7 Å². The lowest BCUT2D eigenvalue weighted by molar-refractivity contribution is -0.385. The molecule has 1 heterocycles. The van der Waals surface area contributed by atoms with Gasteiger partial charge in [0.2, 0.25) is 5.75 Å². The molecule has 2 aromatic carbocycles. The Balaban J connectivity index is 2.02. The lowest BCUT2D eigenvalue weighted by atomic mass is 10.1. The van der Waals surface area contributed by atoms with Crippen molar-refractivity contribution >= 4 is 17.3 Å². The predicted octanol–water partition coefficient (Wildman–Crippen LogP) is 2.56. The molecule has 168 valence electrons. The number of nitro benzene ring substituents is 1. The number of carbonyl (C=O) groups excluding carboxylic acids is 1.